The van der Waals surface area contributed by atoms with Crippen LogP contribution in [-0.4, -0.2) is 18.4 Å². The molecule has 5 heteroatoms. The smallest absolute Gasteiger partial charge is 0.222 e. The number of allylic oxidation sites excluding steroid dienone is 1. The van der Waals surface area contributed by atoms with Gasteiger partial charge in [0.25, 0.3) is 0 Å². The van der Waals surface area contributed by atoms with Crippen LogP contribution in [0.25, 0.3) is 0 Å². The number of hydrogen-bond acceptors (Lipinski definition) is 2. The van der Waals surface area contributed by atoms with E-state index in [9.17, 15) is 9.59 Å². The molecule has 0 fully saturated rings. The molecule has 0 aromatic heterocycles. The van der Waals surface area contributed by atoms with E-state index in [2.05, 4.69) is 16.7 Å². The lowest BCUT2D eigenvalue weighted by atomic mass is 9.97. The Hall–Kier alpha value is -1.81. The van der Waals surface area contributed by atoms with Crippen LogP contribution in [0.15, 0.2) is 35.9 Å². The molecule has 1 aromatic carbocycles. The van der Waals surface area contributed by atoms with Crippen LogP contribution in [-0.2, 0) is 9.59 Å². The first-order valence-corrected chi connectivity index (χ1v) is 8.89. The van der Waals surface area contributed by atoms with Crippen molar-refractivity contribution in [1.82, 2.24) is 10.6 Å². The van der Waals surface area contributed by atoms with Crippen LogP contribution in [0.1, 0.15) is 57.1 Å². The molecule has 1 aliphatic rings. The molecular formula is C19H25ClN2O2. The minimum absolute atomic E-state index is 0.0555. The number of halogens is 1. The highest BCUT2D eigenvalue weighted by Gasteiger charge is 2.17. The van der Waals surface area contributed by atoms with Gasteiger partial charge < -0.3 is 10.6 Å². The van der Waals surface area contributed by atoms with Gasteiger partial charge in [0.1, 0.15) is 0 Å². The van der Waals surface area contributed by atoms with Crippen molar-refractivity contribution in [3.8, 4) is 0 Å². The highest BCUT2D eigenvalue weighted by Crippen LogP contribution is 2.21. The fraction of sp³-hybridized carbons (Fsp3) is 0.474. The Morgan fingerprint density at radius 1 is 1.21 bits per heavy atom. The standard InChI is InChI=1S/C19H25ClN2O2/c1-14(23)22-18(16-7-9-17(20)10-8-16)13-19(24)21-12-11-15-5-3-2-4-6-15/h5,7-10,18H,2-4,6,11-13H2,1H3,(H,21,24)(H,22,23). The monoisotopic (exact) mass is 348 g/mol. The zero-order chi connectivity index (χ0) is 17.4. The molecular weight excluding hydrogens is 324 g/mol. The summed E-state index contributed by atoms with van der Waals surface area (Å²) in [4.78, 5) is 23.6. The molecule has 2 rings (SSSR count). The minimum atomic E-state index is -0.339. The Labute approximate surface area is 148 Å². The number of hydrogen-bond donors (Lipinski definition) is 2. The van der Waals surface area contributed by atoms with Crippen LogP contribution in [0, 0.1) is 0 Å². The minimum Gasteiger partial charge on any atom is -0.356 e. The molecule has 130 valence electrons. The topological polar surface area (TPSA) is 58.2 Å². The van der Waals surface area contributed by atoms with Gasteiger partial charge in [0, 0.05) is 18.5 Å². The van der Waals surface area contributed by atoms with E-state index in [0.29, 0.717) is 11.6 Å². The molecule has 0 bridgehead atoms. The summed E-state index contributed by atoms with van der Waals surface area (Å²) in [5, 5.41) is 6.42. The molecule has 2 amide bonds. The summed E-state index contributed by atoms with van der Waals surface area (Å²) in [7, 11) is 0. The Morgan fingerprint density at radius 3 is 2.58 bits per heavy atom. The van der Waals surface area contributed by atoms with E-state index < -0.39 is 0 Å². The van der Waals surface area contributed by atoms with E-state index in [4.69, 9.17) is 11.6 Å². The van der Waals surface area contributed by atoms with Crippen LogP contribution in [0.4, 0.5) is 0 Å². The van der Waals surface area contributed by atoms with Gasteiger partial charge in [0.05, 0.1) is 12.5 Å². The summed E-state index contributed by atoms with van der Waals surface area (Å²) in [6, 6.07) is 6.86. The number of rotatable bonds is 7. The molecule has 1 aromatic rings. The predicted octanol–water partition coefficient (Wildman–Crippen LogP) is 3.91. The van der Waals surface area contributed by atoms with E-state index in [1.165, 1.54) is 25.3 Å². The van der Waals surface area contributed by atoms with E-state index in [1.54, 1.807) is 12.1 Å². The molecule has 0 saturated heterocycles. The van der Waals surface area contributed by atoms with Gasteiger partial charge >= 0.3 is 0 Å². The molecule has 0 radical (unpaired) electrons. The van der Waals surface area contributed by atoms with Crippen molar-refractivity contribution in [2.24, 2.45) is 0 Å². The lowest BCUT2D eigenvalue weighted by molar-refractivity contribution is -0.122. The maximum absolute atomic E-state index is 12.2. The Balaban J connectivity index is 1.86. The first-order valence-electron chi connectivity index (χ1n) is 8.52. The van der Waals surface area contributed by atoms with Crippen molar-refractivity contribution in [3.63, 3.8) is 0 Å². The highest BCUT2D eigenvalue weighted by molar-refractivity contribution is 6.30. The molecule has 2 N–H and O–H groups in total. The summed E-state index contributed by atoms with van der Waals surface area (Å²) >= 11 is 5.90. The summed E-state index contributed by atoms with van der Waals surface area (Å²) in [6.07, 6.45) is 8.26. The zero-order valence-electron chi connectivity index (χ0n) is 14.1. The number of carbonyl (C=O) groups excluding carboxylic acids is 2. The van der Waals surface area contributed by atoms with E-state index in [0.717, 1.165) is 24.8 Å². The third-order valence-electron chi connectivity index (χ3n) is 4.19. The number of carbonyl (C=O) groups is 2. The summed E-state index contributed by atoms with van der Waals surface area (Å²) in [6.45, 7) is 2.11. The van der Waals surface area contributed by atoms with Crippen molar-refractivity contribution < 1.29 is 9.59 Å². The van der Waals surface area contributed by atoms with Gasteiger partial charge in [-0.15, -0.1) is 0 Å². The fourth-order valence-electron chi connectivity index (χ4n) is 2.94. The maximum Gasteiger partial charge on any atom is 0.222 e. The second-order valence-corrected chi connectivity index (χ2v) is 6.65. The average molecular weight is 349 g/mol. The van der Waals surface area contributed by atoms with Crippen LogP contribution in [0.2, 0.25) is 5.02 Å². The Morgan fingerprint density at radius 2 is 1.96 bits per heavy atom. The van der Waals surface area contributed by atoms with Crippen LogP contribution < -0.4 is 10.6 Å². The molecule has 0 heterocycles. The van der Waals surface area contributed by atoms with Gasteiger partial charge in [-0.3, -0.25) is 9.59 Å². The molecule has 0 aliphatic heterocycles. The van der Waals surface area contributed by atoms with E-state index >= 15 is 0 Å². The number of amides is 2. The molecule has 1 unspecified atom stereocenters. The maximum atomic E-state index is 12.2. The van der Waals surface area contributed by atoms with Gasteiger partial charge in [-0.05, 0) is 49.8 Å². The quantitative estimate of drug-likeness (QED) is 0.734. The average Bonchev–Trinajstić information content (AvgIpc) is 2.55. The van der Waals surface area contributed by atoms with Gasteiger partial charge in [-0.25, -0.2) is 0 Å². The van der Waals surface area contributed by atoms with Gasteiger partial charge in [0.15, 0.2) is 0 Å². The van der Waals surface area contributed by atoms with Crippen molar-refractivity contribution in [2.75, 3.05) is 6.54 Å². The lowest BCUT2D eigenvalue weighted by Crippen LogP contribution is -2.33. The second-order valence-electron chi connectivity index (χ2n) is 6.22. The van der Waals surface area contributed by atoms with Crippen LogP contribution >= 0.6 is 11.6 Å². The number of nitrogens with one attached hydrogen (secondary N) is 2. The van der Waals surface area contributed by atoms with Crippen molar-refractivity contribution in [1.29, 1.82) is 0 Å². The Bertz CT molecular complexity index is 596. The molecule has 0 spiro atoms. The molecule has 4 nitrogen and oxygen atoms in total. The van der Waals surface area contributed by atoms with Crippen molar-refractivity contribution in [3.05, 3.63) is 46.5 Å². The molecule has 24 heavy (non-hydrogen) atoms. The van der Waals surface area contributed by atoms with Gasteiger partial charge in [-0.2, -0.15) is 0 Å². The fourth-order valence-corrected chi connectivity index (χ4v) is 3.07. The number of benzene rings is 1. The van der Waals surface area contributed by atoms with Crippen LogP contribution in [0.5, 0.6) is 0 Å². The van der Waals surface area contributed by atoms with Gasteiger partial charge in [-0.1, -0.05) is 35.4 Å². The highest BCUT2D eigenvalue weighted by atomic mass is 35.5. The third-order valence-corrected chi connectivity index (χ3v) is 4.44. The van der Waals surface area contributed by atoms with E-state index in [-0.39, 0.29) is 24.3 Å². The third kappa shape index (κ3) is 6.36. The molecule has 1 atom stereocenters. The largest absolute Gasteiger partial charge is 0.356 e. The lowest BCUT2D eigenvalue weighted by Gasteiger charge is -2.18. The Kier molecular flexibility index (Phi) is 7.32. The summed E-state index contributed by atoms with van der Waals surface area (Å²) < 4.78 is 0. The van der Waals surface area contributed by atoms with Crippen molar-refractivity contribution in [2.45, 2.75) is 51.5 Å². The predicted molar refractivity (Wildman–Crippen MR) is 96.8 cm³/mol. The first-order chi connectivity index (χ1) is 11.5. The van der Waals surface area contributed by atoms with Crippen LogP contribution in [0.3, 0.4) is 0 Å². The first kappa shape index (κ1) is 18.5. The summed E-state index contributed by atoms with van der Waals surface area (Å²) in [5.41, 5.74) is 2.32. The second kappa shape index (κ2) is 9.48. The van der Waals surface area contributed by atoms with E-state index in [1.807, 2.05) is 12.1 Å². The molecule has 0 saturated carbocycles. The van der Waals surface area contributed by atoms with Gasteiger partial charge in [0.2, 0.25) is 11.8 Å². The van der Waals surface area contributed by atoms with Crippen molar-refractivity contribution >= 4 is 23.4 Å². The zero-order valence-corrected chi connectivity index (χ0v) is 14.9. The normalized spacial score (nSPS) is 15.3. The molecule has 1 aliphatic carbocycles. The SMILES string of the molecule is CC(=O)NC(CC(=O)NCCC1=CCCCC1)c1ccc(Cl)cc1. The summed E-state index contributed by atoms with van der Waals surface area (Å²) in [5.74, 6) is -0.213.